The van der Waals surface area contributed by atoms with Gasteiger partial charge in [0.2, 0.25) is 0 Å². The van der Waals surface area contributed by atoms with Gasteiger partial charge in [-0.25, -0.2) is 0 Å². The van der Waals surface area contributed by atoms with Crippen molar-refractivity contribution in [2.75, 3.05) is 18.9 Å². The summed E-state index contributed by atoms with van der Waals surface area (Å²) in [4.78, 5) is 14.5. The molecule has 0 amide bonds. The second-order valence-electron chi connectivity index (χ2n) is 7.04. The molecule has 124 valence electrons. The number of likely N-dealkylation sites (tertiary alicyclic amines) is 1. The van der Waals surface area contributed by atoms with Crippen molar-refractivity contribution in [3.8, 4) is 5.75 Å². The first-order chi connectivity index (χ1) is 11.6. The predicted octanol–water partition coefficient (Wildman–Crippen LogP) is 3.18. The van der Waals surface area contributed by atoms with E-state index in [9.17, 15) is 4.79 Å². The summed E-state index contributed by atoms with van der Waals surface area (Å²) in [5.74, 6) is 0.408. The fraction of sp³-hybridized carbons (Fsp3) is 0.350. The minimum Gasteiger partial charge on any atom is -0.426 e. The number of benzene rings is 2. The van der Waals surface area contributed by atoms with Crippen LogP contribution in [-0.4, -0.2) is 30.6 Å². The number of anilines is 1. The summed E-state index contributed by atoms with van der Waals surface area (Å²) < 4.78 is 5.58. The lowest BCUT2D eigenvalue weighted by atomic mass is 9.81. The molecule has 1 N–H and O–H groups in total. The molecule has 0 spiro atoms. The van der Waals surface area contributed by atoms with Gasteiger partial charge in [0.25, 0.3) is 0 Å². The Labute approximate surface area is 142 Å². The largest absolute Gasteiger partial charge is 0.426 e. The Morgan fingerprint density at radius 2 is 2.08 bits per heavy atom. The molecule has 0 radical (unpaired) electrons. The van der Waals surface area contributed by atoms with Crippen LogP contribution in [0.2, 0.25) is 0 Å². The van der Waals surface area contributed by atoms with E-state index in [4.69, 9.17) is 4.74 Å². The molecule has 1 fully saturated rings. The summed E-state index contributed by atoms with van der Waals surface area (Å²) in [5, 5.41) is 3.59. The van der Waals surface area contributed by atoms with Gasteiger partial charge in [0.1, 0.15) is 5.75 Å². The maximum Gasteiger partial charge on any atom is 0.315 e. The molecular formula is C20H22N2O2. The topological polar surface area (TPSA) is 41.6 Å². The van der Waals surface area contributed by atoms with E-state index in [2.05, 4.69) is 24.2 Å². The van der Waals surface area contributed by atoms with Crippen LogP contribution in [0.3, 0.4) is 0 Å². The van der Waals surface area contributed by atoms with Gasteiger partial charge < -0.3 is 10.1 Å². The highest BCUT2D eigenvalue weighted by atomic mass is 16.5. The Hall–Kier alpha value is -2.33. The maximum atomic E-state index is 12.2. The van der Waals surface area contributed by atoms with Crippen molar-refractivity contribution in [2.24, 2.45) is 0 Å². The maximum absolute atomic E-state index is 12.2. The van der Waals surface area contributed by atoms with E-state index in [0.717, 1.165) is 24.2 Å². The van der Waals surface area contributed by atoms with Gasteiger partial charge in [-0.2, -0.15) is 0 Å². The summed E-state index contributed by atoms with van der Waals surface area (Å²) in [6.45, 7) is 3.36. The molecule has 2 atom stereocenters. The normalized spacial score (nSPS) is 25.0. The molecule has 2 heterocycles. The number of hydrogen-bond acceptors (Lipinski definition) is 4. The molecule has 1 saturated heterocycles. The minimum atomic E-state index is -0.225. The van der Waals surface area contributed by atoms with Gasteiger partial charge in [-0.15, -0.1) is 0 Å². The van der Waals surface area contributed by atoms with E-state index in [1.54, 1.807) is 0 Å². The van der Waals surface area contributed by atoms with Gasteiger partial charge in [-0.3, -0.25) is 9.69 Å². The molecule has 0 aromatic heterocycles. The van der Waals surface area contributed by atoms with Crippen LogP contribution in [0.1, 0.15) is 24.5 Å². The Kier molecular flexibility index (Phi) is 3.57. The second-order valence-corrected chi connectivity index (χ2v) is 7.04. The molecule has 0 bridgehead atoms. The summed E-state index contributed by atoms with van der Waals surface area (Å²) in [7, 11) is 2.15. The number of esters is 1. The van der Waals surface area contributed by atoms with Crippen molar-refractivity contribution in [1.29, 1.82) is 0 Å². The lowest BCUT2D eigenvalue weighted by Gasteiger charge is -2.27. The van der Waals surface area contributed by atoms with E-state index >= 15 is 0 Å². The molecule has 2 aromatic rings. The summed E-state index contributed by atoms with van der Waals surface area (Å²) >= 11 is 0. The van der Waals surface area contributed by atoms with Crippen molar-refractivity contribution < 1.29 is 9.53 Å². The zero-order valence-corrected chi connectivity index (χ0v) is 14.1. The van der Waals surface area contributed by atoms with Crippen molar-refractivity contribution in [1.82, 2.24) is 4.90 Å². The lowest BCUT2D eigenvalue weighted by Crippen LogP contribution is -2.39. The summed E-state index contributed by atoms with van der Waals surface area (Å²) in [5.41, 5.74) is 3.44. The van der Waals surface area contributed by atoms with Gasteiger partial charge in [-0.05, 0) is 42.8 Å². The van der Waals surface area contributed by atoms with Crippen molar-refractivity contribution in [2.45, 2.75) is 31.3 Å². The first-order valence-electron chi connectivity index (χ1n) is 8.42. The first kappa shape index (κ1) is 15.2. The molecule has 4 heteroatoms. The third-order valence-electron chi connectivity index (χ3n) is 5.35. The fourth-order valence-electron chi connectivity index (χ4n) is 3.97. The van der Waals surface area contributed by atoms with Gasteiger partial charge in [0.15, 0.2) is 0 Å². The standard InChI is InChI=1S/C20H22N2O2/c1-20-10-11-22(2)19(20)21-17-9-8-15(13-16(17)20)24-18(23)12-14-6-4-3-5-7-14/h3-9,13,19,21H,10-12H2,1-2H3/t19-,20-/m0/s1. The number of rotatable bonds is 3. The highest BCUT2D eigenvalue weighted by Gasteiger charge is 2.49. The molecule has 0 aliphatic carbocycles. The minimum absolute atomic E-state index is 0.0753. The number of carbonyl (C=O) groups is 1. The number of carbonyl (C=O) groups excluding carboxylic acids is 1. The van der Waals surface area contributed by atoms with E-state index in [-0.39, 0.29) is 11.4 Å². The van der Waals surface area contributed by atoms with Crippen LogP contribution in [0.5, 0.6) is 5.75 Å². The third-order valence-corrected chi connectivity index (χ3v) is 5.35. The SMILES string of the molecule is CN1CC[C@@]2(C)c3cc(OC(=O)Cc4ccccc4)ccc3N[C@@H]12. The van der Waals surface area contributed by atoms with Gasteiger partial charge in [0, 0.05) is 17.6 Å². The van der Waals surface area contributed by atoms with Gasteiger partial charge >= 0.3 is 5.97 Å². The van der Waals surface area contributed by atoms with Crippen molar-refractivity contribution >= 4 is 11.7 Å². The molecule has 0 unspecified atom stereocenters. The highest BCUT2D eigenvalue weighted by Crippen LogP contribution is 2.48. The monoisotopic (exact) mass is 322 g/mol. The van der Waals surface area contributed by atoms with Crippen molar-refractivity contribution in [3.63, 3.8) is 0 Å². The number of ether oxygens (including phenoxy) is 1. The average Bonchev–Trinajstić information content (AvgIpc) is 3.02. The van der Waals surface area contributed by atoms with Crippen LogP contribution in [0.15, 0.2) is 48.5 Å². The van der Waals surface area contributed by atoms with Crippen LogP contribution >= 0.6 is 0 Å². The van der Waals surface area contributed by atoms with Crippen LogP contribution in [0, 0.1) is 0 Å². The first-order valence-corrected chi connectivity index (χ1v) is 8.42. The number of nitrogens with one attached hydrogen (secondary N) is 1. The van der Waals surface area contributed by atoms with Gasteiger partial charge in [-0.1, -0.05) is 37.3 Å². The molecule has 2 aliphatic heterocycles. The number of nitrogens with zero attached hydrogens (tertiary/aromatic N) is 1. The van der Waals surface area contributed by atoms with E-state index in [1.807, 2.05) is 48.5 Å². The summed E-state index contributed by atoms with van der Waals surface area (Å²) in [6, 6.07) is 15.6. The third kappa shape index (κ3) is 2.47. The Morgan fingerprint density at radius 1 is 1.29 bits per heavy atom. The van der Waals surface area contributed by atoms with E-state index in [0.29, 0.717) is 18.3 Å². The quantitative estimate of drug-likeness (QED) is 0.696. The Morgan fingerprint density at radius 3 is 2.88 bits per heavy atom. The number of likely N-dealkylation sites (N-methyl/N-ethyl adjacent to an activating group) is 1. The molecule has 4 nitrogen and oxygen atoms in total. The predicted molar refractivity (Wildman–Crippen MR) is 94.2 cm³/mol. The Balaban J connectivity index is 1.53. The van der Waals surface area contributed by atoms with E-state index < -0.39 is 0 Å². The summed E-state index contributed by atoms with van der Waals surface area (Å²) in [6.07, 6.45) is 1.72. The van der Waals surface area contributed by atoms with Crippen LogP contribution in [0.4, 0.5) is 5.69 Å². The molecular weight excluding hydrogens is 300 g/mol. The lowest BCUT2D eigenvalue weighted by molar-refractivity contribution is -0.133. The molecule has 4 rings (SSSR count). The smallest absolute Gasteiger partial charge is 0.315 e. The van der Waals surface area contributed by atoms with Gasteiger partial charge in [0.05, 0.1) is 12.6 Å². The van der Waals surface area contributed by atoms with Crippen LogP contribution < -0.4 is 10.1 Å². The van der Waals surface area contributed by atoms with Crippen molar-refractivity contribution in [3.05, 3.63) is 59.7 Å². The molecule has 2 aliphatic rings. The number of fused-ring (bicyclic) bond motifs is 3. The molecule has 2 aromatic carbocycles. The number of hydrogen-bond donors (Lipinski definition) is 1. The Bertz CT molecular complexity index is 774. The fourth-order valence-corrected chi connectivity index (χ4v) is 3.97. The van der Waals surface area contributed by atoms with Crippen LogP contribution in [0.25, 0.3) is 0 Å². The molecule has 24 heavy (non-hydrogen) atoms. The zero-order valence-electron chi connectivity index (χ0n) is 14.1. The second kappa shape index (κ2) is 5.64. The van der Waals surface area contributed by atoms with Crippen LogP contribution in [-0.2, 0) is 16.6 Å². The highest BCUT2D eigenvalue weighted by molar-refractivity contribution is 5.76. The zero-order chi connectivity index (χ0) is 16.7. The molecule has 0 saturated carbocycles. The average molecular weight is 322 g/mol. The van der Waals surface area contributed by atoms with E-state index in [1.165, 1.54) is 5.56 Å².